The number of ether oxygens (including phenoxy) is 1. The van der Waals surface area contributed by atoms with E-state index in [0.717, 1.165) is 109 Å². The first-order valence-corrected chi connectivity index (χ1v) is 39.7. The second kappa shape index (κ2) is 48.8. The van der Waals surface area contributed by atoms with Gasteiger partial charge in [0.05, 0.1) is 74.2 Å². The highest BCUT2D eigenvalue weighted by molar-refractivity contribution is 6.01. The molecule has 658 valence electrons. The summed E-state index contributed by atoms with van der Waals surface area (Å²) in [7, 11) is 0. The first-order valence-electron chi connectivity index (χ1n) is 39.7. The van der Waals surface area contributed by atoms with Crippen LogP contribution >= 0.6 is 0 Å². The molecule has 3 saturated heterocycles. The van der Waals surface area contributed by atoms with Gasteiger partial charge in [0, 0.05) is 25.9 Å². The number of cyclic esters (lactones) is 1. The van der Waals surface area contributed by atoms with Crippen LogP contribution in [0, 0.1) is 5.92 Å². The molecule has 117 heavy (non-hydrogen) atoms. The molecule has 14 amide bonds. The minimum Gasteiger partial charge on any atom is -0.506 e. The van der Waals surface area contributed by atoms with E-state index in [-0.39, 0.29) is 43.5 Å². The molecule has 0 unspecified atom stereocenters. The Labute approximate surface area is 677 Å². The number of unbranched alkanes of at least 4 members (excludes halogenated alkanes) is 10. The van der Waals surface area contributed by atoms with Gasteiger partial charge in [-0.3, -0.25) is 71.9 Å². The summed E-state index contributed by atoms with van der Waals surface area (Å²) in [4.78, 5) is 225. The average molecular weight is 1660 g/mol. The molecular weight excluding hydrogens is 1540 g/mol. The van der Waals surface area contributed by atoms with Gasteiger partial charge < -0.3 is 136 Å². The number of phenolic OH excluding ortho intramolecular Hbond substituents is 1. The fraction of sp³-hybridized carbons (Fsp3) is 0.707. The number of aliphatic hydroxyl groups is 7. The number of aliphatic hydroxyl groups excluding tert-OH is 7. The number of benzene rings is 1. The number of nitrogens with two attached hydrogens (primary N) is 3. The molecule has 3 aliphatic heterocycles. The predicted molar refractivity (Wildman–Crippen MR) is 414 cm³/mol. The maximum atomic E-state index is 14.9. The molecule has 0 radical (unpaired) electrons. The molecule has 0 bridgehead atoms. The lowest BCUT2D eigenvalue weighted by Crippen LogP contribution is -2.64. The molecule has 0 saturated carbocycles. The number of hydrogen-bond acceptors (Lipinski definition) is 27. The maximum absolute atomic E-state index is 14.9. The lowest BCUT2D eigenvalue weighted by Gasteiger charge is -2.34. The van der Waals surface area contributed by atoms with Gasteiger partial charge in [-0.2, -0.15) is 0 Å². The summed E-state index contributed by atoms with van der Waals surface area (Å²) >= 11 is 0. The average Bonchev–Trinajstić information content (AvgIpc) is 1.72. The number of esters is 1. The number of aromatic hydroxyl groups is 1. The number of carboxylic acids is 1. The minimum atomic E-state index is -2.24. The molecule has 0 aliphatic carbocycles. The lowest BCUT2D eigenvalue weighted by atomic mass is 9.99. The highest BCUT2D eigenvalue weighted by atomic mass is 16.5. The minimum absolute atomic E-state index is 0.0250. The molecule has 0 aromatic heterocycles. The largest absolute Gasteiger partial charge is 0.506 e. The number of phenols is 1. The van der Waals surface area contributed by atoms with Gasteiger partial charge >= 0.3 is 11.9 Å². The fourth-order valence-corrected chi connectivity index (χ4v) is 13.4. The van der Waals surface area contributed by atoms with Gasteiger partial charge in [0.1, 0.15) is 84.4 Å². The lowest BCUT2D eigenvalue weighted by molar-refractivity contribution is -0.155. The molecule has 1 aromatic carbocycles. The third-order valence-corrected chi connectivity index (χ3v) is 20.1. The van der Waals surface area contributed by atoms with Crippen molar-refractivity contribution in [1.82, 2.24) is 63.0 Å². The van der Waals surface area contributed by atoms with Crippen molar-refractivity contribution in [3.05, 3.63) is 23.8 Å². The Morgan fingerprint density at radius 1 is 0.581 bits per heavy atom. The number of nitrogens with zero attached hydrogens (tertiary/aromatic N) is 2. The number of carboxylic acid groups (broad SMARTS) is 1. The summed E-state index contributed by atoms with van der Waals surface area (Å²) < 4.78 is 5.95. The molecule has 3 fully saturated rings. The fourth-order valence-electron chi connectivity index (χ4n) is 13.4. The van der Waals surface area contributed by atoms with Crippen LogP contribution in [-0.4, -0.2) is 298 Å². The van der Waals surface area contributed by atoms with Crippen LogP contribution in [0.1, 0.15) is 183 Å². The molecule has 26 N–H and O–H groups in total. The van der Waals surface area contributed by atoms with Crippen LogP contribution < -0.4 is 75.7 Å². The van der Waals surface area contributed by atoms with E-state index in [9.17, 15) is 123 Å². The van der Waals surface area contributed by atoms with Crippen LogP contribution in [0.2, 0.25) is 0 Å². The topological polar surface area (TPSA) is 681 Å². The zero-order valence-electron chi connectivity index (χ0n) is 67.4. The van der Waals surface area contributed by atoms with Crippen molar-refractivity contribution in [2.75, 3.05) is 31.5 Å². The van der Waals surface area contributed by atoms with Crippen LogP contribution in [0.5, 0.6) is 5.75 Å². The number of nitrogens with one attached hydrogen (secondary N) is 11. The van der Waals surface area contributed by atoms with Crippen molar-refractivity contribution in [3.63, 3.8) is 0 Å². The van der Waals surface area contributed by atoms with Gasteiger partial charge in [-0.1, -0.05) is 91.0 Å². The molecule has 3 aliphatic rings. The van der Waals surface area contributed by atoms with Gasteiger partial charge in [-0.05, 0) is 96.9 Å². The monoisotopic (exact) mass is 1660 g/mol. The van der Waals surface area contributed by atoms with Crippen LogP contribution in [-0.2, 0) is 87.9 Å². The second-order valence-corrected chi connectivity index (χ2v) is 30.5. The van der Waals surface area contributed by atoms with Gasteiger partial charge in [0.25, 0.3) is 0 Å². The van der Waals surface area contributed by atoms with E-state index in [1.54, 1.807) is 0 Å². The highest BCUT2D eigenvalue weighted by Gasteiger charge is 2.49. The smallest absolute Gasteiger partial charge is 0.328 e. The molecule has 3 heterocycles. The Balaban J connectivity index is 1.86. The zero-order chi connectivity index (χ0) is 87.8. The number of anilines is 1. The second-order valence-electron chi connectivity index (χ2n) is 30.5. The summed E-state index contributed by atoms with van der Waals surface area (Å²) in [6, 6.07) is -18.9. The third-order valence-electron chi connectivity index (χ3n) is 20.1. The van der Waals surface area contributed by atoms with Crippen LogP contribution in [0.4, 0.5) is 5.69 Å². The summed E-state index contributed by atoms with van der Waals surface area (Å²) in [5.41, 5.74) is 16.5. The predicted octanol–water partition coefficient (Wildman–Crippen LogP) is -6.73. The third kappa shape index (κ3) is 31.9. The summed E-state index contributed by atoms with van der Waals surface area (Å²) in [5, 5.41) is 123. The number of primary amides is 1. The highest BCUT2D eigenvalue weighted by Crippen LogP contribution is 2.28. The van der Waals surface area contributed by atoms with E-state index in [1.165, 1.54) is 19.9 Å². The van der Waals surface area contributed by atoms with Crippen molar-refractivity contribution in [2.24, 2.45) is 23.1 Å². The van der Waals surface area contributed by atoms with Crippen molar-refractivity contribution in [2.45, 2.75) is 305 Å². The first-order chi connectivity index (χ1) is 55.0. The molecule has 1 aromatic rings. The van der Waals surface area contributed by atoms with Crippen LogP contribution in [0.25, 0.3) is 0 Å². The number of fused-ring (bicyclic) bond motifs is 2. The number of carbonyl (C=O) groups excluding carboxylic acids is 15. The Morgan fingerprint density at radius 3 is 1.67 bits per heavy atom. The van der Waals surface area contributed by atoms with E-state index in [4.69, 9.17) is 21.9 Å². The summed E-state index contributed by atoms with van der Waals surface area (Å²) in [6.45, 7) is 8.19. The van der Waals surface area contributed by atoms with Gasteiger partial charge in [0.2, 0.25) is 82.7 Å². The maximum Gasteiger partial charge on any atom is 0.328 e. The molecule has 20 atom stereocenters. The van der Waals surface area contributed by atoms with E-state index in [2.05, 4.69) is 65.4 Å². The molecule has 42 heteroatoms. The van der Waals surface area contributed by atoms with Crippen molar-refractivity contribution < 1.29 is 127 Å². The molecular formula is C75H122N16O26. The van der Waals surface area contributed by atoms with Crippen molar-refractivity contribution in [1.29, 1.82) is 0 Å². The summed E-state index contributed by atoms with van der Waals surface area (Å²) in [5.74, 6) is -20.9. The van der Waals surface area contributed by atoms with Gasteiger partial charge in [-0.15, -0.1) is 0 Å². The van der Waals surface area contributed by atoms with Crippen molar-refractivity contribution in [3.8, 4) is 5.75 Å². The number of aliphatic carboxylic acids is 1. The number of carbonyl (C=O) groups is 16. The van der Waals surface area contributed by atoms with E-state index in [1.807, 2.05) is 0 Å². The zero-order valence-corrected chi connectivity index (χ0v) is 67.4. The Morgan fingerprint density at radius 2 is 1.10 bits per heavy atom. The van der Waals surface area contributed by atoms with Crippen LogP contribution in [0.3, 0.4) is 0 Å². The summed E-state index contributed by atoms with van der Waals surface area (Å²) in [6.07, 6.45) is -7.95. The van der Waals surface area contributed by atoms with E-state index in [0.29, 0.717) is 17.7 Å². The molecule has 0 spiro atoms. The van der Waals surface area contributed by atoms with Crippen LogP contribution in [0.15, 0.2) is 18.2 Å². The number of hydrogen-bond donors (Lipinski definition) is 23. The normalized spacial score (nSPS) is 27.1. The number of amides is 14. The van der Waals surface area contributed by atoms with E-state index < -0.39 is 279 Å². The Kier molecular flexibility index (Phi) is 41.5. The SMILES string of the molecule is CCCCCCCCCCCCC[C@@H]1CC(=O)N[C@H]([C@@H](C)O)C(=O)N[C@H](C)C(=O)N[C@@H](Cc2ccc(O)c(NC(=O)C[C@@H](N)C(=O)O)c2)C(=O)N[C@@H](C(C)C)C(=O)N2C[C@H](O)C[C@H]2C(=O)N[C@H]([C@@H](C)O)C(=O)N[C@@H]([C@@H](C)O)C(=O)N2CC[C@H](O)[C@H]2C(=O)N[C@@H]([C@H](O)CC(N)=O)C(=O)NCC(=O)N[C@H]([C@@H](C)O)C(=O)N[C@@H](CCCN)C(=O)O1. The molecule has 42 nitrogen and oxygen atoms in total. The Hall–Kier alpha value is -9.82. The van der Waals surface area contributed by atoms with Gasteiger partial charge in [-0.25, -0.2) is 4.79 Å². The van der Waals surface area contributed by atoms with Crippen molar-refractivity contribution >= 4 is 100 Å². The standard InChI is InChI=1S/C75H122N16O26/c1-9-10-11-12-13-14-15-16-17-18-19-21-44-31-54(101)84-58(38(5)92)68(108)80-37(4)64(104)83-48(29-42-23-24-50(97)47(28-42)81-55(102)32-45(77)74(114)115)65(105)86-57(36(2)3)72(112)91-35-43(96)30-49(91)66(106)87-60(40(7)94)70(110)88-61(41(8)95)73(113)90-27-25-51(98)63(90)71(111)89-62(52(99)33-53(78)100)67(107)79-34-56(103)85-59(39(6)93)69(109)82-46(22-20-26-76)75(116)117-44/h23-24,28,36-41,43-46,48-49,51-52,57-63,92-99H,9-22,25-27,29-35,76-77H2,1-8H3,(H2,78,100)(H,79,107)(H,80,108)(H,81,102)(H,82,109)(H,83,104)(H,84,101)(H,85,103)(H,86,105)(H,87,106)(H,88,110)(H,89,111)(H,114,115)/t37-,38-,39-,40-,41-,43-,44-,45-,46+,48+,49+,51+,52-,57+,58-,59-,60-,61+,62+,63+/m1/s1. The van der Waals surface area contributed by atoms with E-state index >= 15 is 0 Å². The molecule has 4 rings (SSSR count). The Bertz CT molecular complexity index is 3590. The quantitative estimate of drug-likeness (QED) is 0.0201. The first kappa shape index (κ1) is 99.5. The van der Waals surface area contributed by atoms with Gasteiger partial charge in [0.15, 0.2) is 0 Å². The number of rotatable bonds is 29.